The zero-order valence-corrected chi connectivity index (χ0v) is 18.0. The number of halogens is 2. The number of esters is 1. The second-order valence-corrected chi connectivity index (χ2v) is 11.1. The molecule has 0 unspecified atom stereocenters. The molecule has 146 valence electrons. The lowest BCUT2D eigenvalue weighted by atomic mass is 10.1. The maximum Gasteiger partial charge on any atom is 0.331 e. The molecule has 26 heavy (non-hydrogen) atoms. The van der Waals surface area contributed by atoms with Crippen LogP contribution in [0.2, 0.25) is 0 Å². The number of sulfone groups is 1. The fraction of sp³-hybridized carbons (Fsp3) is 0.471. The molecule has 0 spiro atoms. The Morgan fingerprint density at radius 2 is 1.73 bits per heavy atom. The SMILES string of the molecule is CCCCCCCCOC(=O)C=CS(=O)(=O)c1ccc(N[PH+](Cl)Cl)cc1. The zero-order chi connectivity index (χ0) is 19.4. The van der Waals surface area contributed by atoms with E-state index in [2.05, 4.69) is 12.0 Å². The molecule has 1 aromatic rings. The van der Waals surface area contributed by atoms with Gasteiger partial charge in [0.05, 0.1) is 17.2 Å². The third-order valence-electron chi connectivity index (χ3n) is 3.55. The summed E-state index contributed by atoms with van der Waals surface area (Å²) in [5, 5.41) is 3.68. The highest BCUT2D eigenvalue weighted by Gasteiger charge is 2.13. The van der Waals surface area contributed by atoms with Crippen LogP contribution in [0.5, 0.6) is 0 Å². The molecular weight excluding hydrogens is 416 g/mol. The Hall–Kier alpha value is -0.810. The Bertz CT molecular complexity index is 679. The van der Waals surface area contributed by atoms with Crippen LogP contribution in [0, 0.1) is 0 Å². The quantitative estimate of drug-likeness (QED) is 0.194. The monoisotopic (exact) mass is 440 g/mol. The third kappa shape index (κ3) is 9.77. The molecular formula is C17H25Cl2NO4PS+. The van der Waals surface area contributed by atoms with Gasteiger partial charge in [0.25, 0.3) is 6.78 Å². The summed E-state index contributed by atoms with van der Waals surface area (Å²) in [5.74, 6) is -0.656. The highest BCUT2D eigenvalue weighted by atomic mass is 35.9. The van der Waals surface area contributed by atoms with E-state index in [0.717, 1.165) is 30.7 Å². The Kier molecular flexibility index (Phi) is 11.2. The molecule has 1 rings (SSSR count). The van der Waals surface area contributed by atoms with Gasteiger partial charge in [-0.05, 0) is 30.7 Å². The van der Waals surface area contributed by atoms with Crippen molar-refractivity contribution >= 4 is 50.8 Å². The lowest BCUT2D eigenvalue weighted by Crippen LogP contribution is -2.04. The highest BCUT2D eigenvalue weighted by Crippen LogP contribution is 2.46. The molecule has 0 saturated heterocycles. The molecule has 0 radical (unpaired) electrons. The van der Waals surface area contributed by atoms with Crippen LogP contribution in [0.15, 0.2) is 40.6 Å². The van der Waals surface area contributed by atoms with Gasteiger partial charge < -0.3 is 4.74 Å². The van der Waals surface area contributed by atoms with Crippen molar-refractivity contribution in [1.29, 1.82) is 0 Å². The molecule has 0 aliphatic heterocycles. The van der Waals surface area contributed by atoms with E-state index in [0.29, 0.717) is 12.3 Å². The van der Waals surface area contributed by atoms with Gasteiger partial charge in [-0.2, -0.15) is 0 Å². The molecule has 0 amide bonds. The summed E-state index contributed by atoms with van der Waals surface area (Å²) in [5.41, 5.74) is 0.630. The number of carbonyl (C=O) groups is 1. The van der Waals surface area contributed by atoms with Crippen molar-refractivity contribution in [3.8, 4) is 0 Å². The molecule has 0 aliphatic carbocycles. The molecule has 0 aromatic heterocycles. The molecule has 0 aliphatic rings. The van der Waals surface area contributed by atoms with Gasteiger partial charge in [0, 0.05) is 11.5 Å². The number of ether oxygens (including phenoxy) is 1. The number of carbonyl (C=O) groups excluding carboxylic acids is 1. The maximum atomic E-state index is 12.2. The number of hydrogen-bond acceptors (Lipinski definition) is 5. The van der Waals surface area contributed by atoms with E-state index < -0.39 is 22.6 Å². The largest absolute Gasteiger partial charge is 0.463 e. The first-order valence-corrected chi connectivity index (χ1v) is 13.6. The smallest absolute Gasteiger partial charge is 0.331 e. The molecule has 0 atom stereocenters. The number of rotatable bonds is 12. The number of anilines is 1. The third-order valence-corrected chi connectivity index (χ3v) is 6.02. The standard InChI is InChI=1S/C17H24Cl2NO4PS/c1-2-3-4-5-6-7-13-24-17(21)12-14-26(22,23)16-10-8-15(9-11-16)20-25(18)19/h8-12,14,20H,2-7,13H2,1H3/p+1. The Morgan fingerprint density at radius 3 is 2.35 bits per heavy atom. The van der Waals surface area contributed by atoms with Crippen molar-refractivity contribution in [2.45, 2.75) is 50.3 Å². The summed E-state index contributed by atoms with van der Waals surface area (Å²) in [6, 6.07) is 5.96. The van der Waals surface area contributed by atoms with Crippen LogP contribution in [0.1, 0.15) is 45.4 Å². The fourth-order valence-electron chi connectivity index (χ4n) is 2.16. The predicted molar refractivity (Wildman–Crippen MR) is 111 cm³/mol. The average Bonchev–Trinajstić information content (AvgIpc) is 2.59. The van der Waals surface area contributed by atoms with Crippen LogP contribution < -0.4 is 5.09 Å². The summed E-state index contributed by atoms with van der Waals surface area (Å²) >= 11 is 11.4. The van der Waals surface area contributed by atoms with Gasteiger partial charge in [-0.3, -0.25) is 0 Å². The van der Waals surface area contributed by atoms with Crippen molar-refractivity contribution in [2.75, 3.05) is 11.7 Å². The van der Waals surface area contributed by atoms with Gasteiger partial charge in [-0.1, -0.05) is 39.0 Å². The first-order valence-electron chi connectivity index (χ1n) is 8.50. The van der Waals surface area contributed by atoms with Crippen molar-refractivity contribution < 1.29 is 17.9 Å². The van der Waals surface area contributed by atoms with E-state index in [1.165, 1.54) is 31.4 Å². The Balaban J connectivity index is 2.43. The van der Waals surface area contributed by atoms with Crippen LogP contribution in [-0.4, -0.2) is 21.0 Å². The van der Waals surface area contributed by atoms with Crippen LogP contribution >= 0.6 is 29.3 Å². The molecule has 9 heteroatoms. The molecule has 0 heterocycles. The highest BCUT2D eigenvalue weighted by molar-refractivity contribution is 8.04. The van der Waals surface area contributed by atoms with Crippen LogP contribution in [0.25, 0.3) is 0 Å². The van der Waals surface area contributed by atoms with Gasteiger partial charge in [0.15, 0.2) is 9.84 Å². The van der Waals surface area contributed by atoms with Crippen molar-refractivity contribution in [1.82, 2.24) is 0 Å². The maximum absolute atomic E-state index is 12.2. The minimum absolute atomic E-state index is 0.0703. The fourth-order valence-corrected chi connectivity index (χ4v) is 4.17. The second-order valence-electron chi connectivity index (χ2n) is 5.69. The number of benzene rings is 1. The number of unbranched alkanes of at least 4 members (excludes halogenated alkanes) is 5. The van der Waals surface area contributed by atoms with Crippen molar-refractivity contribution in [3.05, 3.63) is 35.7 Å². The van der Waals surface area contributed by atoms with Gasteiger partial charge in [0.2, 0.25) is 0 Å². The van der Waals surface area contributed by atoms with E-state index in [1.54, 1.807) is 12.1 Å². The lowest BCUT2D eigenvalue weighted by Gasteiger charge is -2.03. The summed E-state index contributed by atoms with van der Waals surface area (Å²) in [6.07, 6.45) is 7.45. The number of nitrogens with one attached hydrogen (secondary N) is 1. The summed E-state index contributed by atoms with van der Waals surface area (Å²) in [4.78, 5) is 11.7. The van der Waals surface area contributed by atoms with Crippen LogP contribution in [-0.2, 0) is 19.4 Å². The normalized spacial score (nSPS) is 11.8. The van der Waals surface area contributed by atoms with Gasteiger partial charge in [-0.25, -0.2) is 18.3 Å². The molecule has 1 aromatic carbocycles. The van der Waals surface area contributed by atoms with Gasteiger partial charge >= 0.3 is 5.97 Å². The predicted octanol–water partition coefficient (Wildman–Crippen LogP) is 5.73. The summed E-state index contributed by atoms with van der Waals surface area (Å²) < 4.78 is 29.4. The Labute approximate surface area is 166 Å². The van der Waals surface area contributed by atoms with E-state index in [4.69, 9.17) is 27.2 Å². The van der Waals surface area contributed by atoms with E-state index in [1.807, 2.05) is 0 Å². The first-order chi connectivity index (χ1) is 12.3. The second kappa shape index (κ2) is 12.6. The van der Waals surface area contributed by atoms with E-state index in [9.17, 15) is 13.2 Å². The molecule has 0 bridgehead atoms. The zero-order valence-electron chi connectivity index (χ0n) is 14.7. The average molecular weight is 441 g/mol. The van der Waals surface area contributed by atoms with Crippen LogP contribution in [0.3, 0.4) is 0 Å². The number of hydrogen-bond donors (Lipinski definition) is 1. The minimum atomic E-state index is -3.71. The molecule has 0 saturated carbocycles. The first kappa shape index (κ1) is 23.2. The molecule has 1 N–H and O–H groups in total. The lowest BCUT2D eigenvalue weighted by molar-refractivity contribution is -0.137. The van der Waals surface area contributed by atoms with Crippen molar-refractivity contribution in [3.63, 3.8) is 0 Å². The van der Waals surface area contributed by atoms with Gasteiger partial charge in [0.1, 0.15) is 22.5 Å². The van der Waals surface area contributed by atoms with Gasteiger partial charge in [-0.15, -0.1) is 0 Å². The summed E-state index contributed by atoms with van der Waals surface area (Å²) in [7, 11) is -3.71. The molecule has 5 nitrogen and oxygen atoms in total. The van der Waals surface area contributed by atoms with Crippen LogP contribution in [0.4, 0.5) is 5.69 Å². The minimum Gasteiger partial charge on any atom is -0.463 e. The molecule has 0 fully saturated rings. The van der Waals surface area contributed by atoms with Crippen molar-refractivity contribution in [2.24, 2.45) is 0 Å². The Morgan fingerprint density at radius 1 is 1.12 bits per heavy atom. The van der Waals surface area contributed by atoms with E-state index in [-0.39, 0.29) is 4.90 Å². The summed E-state index contributed by atoms with van der Waals surface area (Å²) in [6.45, 7) is 0.755. The topological polar surface area (TPSA) is 72.5 Å². The van der Waals surface area contributed by atoms with E-state index >= 15 is 0 Å².